The van der Waals surface area contributed by atoms with Crippen LogP contribution in [0.15, 0.2) is 48.5 Å². The number of carbonyl (C=O) groups excluding carboxylic acids is 1. The fraction of sp³-hybridized carbons (Fsp3) is 0.350. The molecule has 29 heavy (non-hydrogen) atoms. The number of amides is 1. The van der Waals surface area contributed by atoms with E-state index < -0.39 is 14.9 Å². The van der Waals surface area contributed by atoms with Crippen molar-refractivity contribution in [1.82, 2.24) is 5.32 Å². The molecule has 1 N–H and O–H groups in total. The van der Waals surface area contributed by atoms with Gasteiger partial charge in [-0.25, -0.2) is 8.42 Å². The van der Waals surface area contributed by atoms with Crippen LogP contribution < -0.4 is 9.62 Å². The zero-order valence-corrected chi connectivity index (χ0v) is 17.5. The molecule has 0 heterocycles. The predicted molar refractivity (Wildman–Crippen MR) is 112 cm³/mol. The van der Waals surface area contributed by atoms with Gasteiger partial charge in [0.25, 0.3) is 5.69 Å². The van der Waals surface area contributed by atoms with Crippen LogP contribution in [-0.4, -0.2) is 32.0 Å². The van der Waals surface area contributed by atoms with E-state index >= 15 is 0 Å². The summed E-state index contributed by atoms with van der Waals surface area (Å²) in [5.74, 6) is -0.189. The van der Waals surface area contributed by atoms with Crippen molar-refractivity contribution in [2.24, 2.45) is 0 Å². The van der Waals surface area contributed by atoms with Gasteiger partial charge in [-0.05, 0) is 31.4 Å². The SMILES string of the molecule is Cc1ccc([N+](=O)[O-])cc1N(CCCC(=O)N[C@@H](C)c1ccccc1)S(C)(=O)=O. The number of nitro benzene ring substituents is 1. The highest BCUT2D eigenvalue weighted by Gasteiger charge is 2.22. The summed E-state index contributed by atoms with van der Waals surface area (Å²) in [6.07, 6.45) is 1.46. The number of benzene rings is 2. The Morgan fingerprint density at radius 3 is 2.45 bits per heavy atom. The second-order valence-corrected chi connectivity index (χ2v) is 8.77. The molecule has 1 atom stereocenters. The number of anilines is 1. The first-order valence-electron chi connectivity index (χ1n) is 9.16. The molecule has 0 bridgehead atoms. The van der Waals surface area contributed by atoms with E-state index in [1.165, 1.54) is 18.2 Å². The first-order valence-corrected chi connectivity index (χ1v) is 11.0. The molecule has 8 nitrogen and oxygen atoms in total. The number of aryl methyl sites for hydroxylation is 1. The largest absolute Gasteiger partial charge is 0.350 e. The van der Waals surface area contributed by atoms with E-state index in [4.69, 9.17) is 0 Å². The molecule has 0 aliphatic heterocycles. The summed E-state index contributed by atoms with van der Waals surface area (Å²) in [6.45, 7) is 3.61. The molecular formula is C20H25N3O5S. The van der Waals surface area contributed by atoms with Crippen LogP contribution in [0.3, 0.4) is 0 Å². The first kappa shape index (κ1) is 22.4. The number of sulfonamides is 1. The lowest BCUT2D eigenvalue weighted by Crippen LogP contribution is -2.33. The van der Waals surface area contributed by atoms with Gasteiger partial charge in [-0.3, -0.25) is 19.2 Å². The van der Waals surface area contributed by atoms with Gasteiger partial charge in [-0.2, -0.15) is 0 Å². The van der Waals surface area contributed by atoms with Crippen molar-refractivity contribution in [2.75, 3.05) is 17.1 Å². The summed E-state index contributed by atoms with van der Waals surface area (Å²) in [6, 6.07) is 13.4. The molecule has 0 aliphatic rings. The topological polar surface area (TPSA) is 110 Å². The summed E-state index contributed by atoms with van der Waals surface area (Å²) in [5, 5.41) is 13.9. The van der Waals surface area contributed by atoms with Crippen LogP contribution in [0, 0.1) is 17.0 Å². The molecule has 0 saturated heterocycles. The van der Waals surface area contributed by atoms with Gasteiger partial charge in [0.1, 0.15) is 0 Å². The number of nitro groups is 1. The molecule has 2 aromatic carbocycles. The maximum Gasteiger partial charge on any atom is 0.271 e. The molecule has 1 amide bonds. The highest BCUT2D eigenvalue weighted by molar-refractivity contribution is 7.92. The van der Waals surface area contributed by atoms with Gasteiger partial charge in [0.15, 0.2) is 0 Å². The Morgan fingerprint density at radius 2 is 1.86 bits per heavy atom. The highest BCUT2D eigenvalue weighted by atomic mass is 32.2. The van der Waals surface area contributed by atoms with Gasteiger partial charge in [0.2, 0.25) is 15.9 Å². The Kier molecular flexibility index (Phi) is 7.33. The number of hydrogen-bond acceptors (Lipinski definition) is 5. The van der Waals surface area contributed by atoms with E-state index in [1.807, 2.05) is 37.3 Å². The molecule has 0 spiro atoms. The molecule has 0 aliphatic carbocycles. The second-order valence-electron chi connectivity index (χ2n) is 6.87. The van der Waals surface area contributed by atoms with Gasteiger partial charge < -0.3 is 5.32 Å². The third-order valence-electron chi connectivity index (χ3n) is 4.51. The maximum atomic E-state index is 12.3. The van der Waals surface area contributed by atoms with E-state index in [9.17, 15) is 23.3 Å². The molecule has 2 aromatic rings. The van der Waals surface area contributed by atoms with Crippen LogP contribution in [-0.2, 0) is 14.8 Å². The Balaban J connectivity index is 2.05. The van der Waals surface area contributed by atoms with Crippen LogP contribution in [0.25, 0.3) is 0 Å². The number of non-ortho nitro benzene ring substituents is 1. The summed E-state index contributed by atoms with van der Waals surface area (Å²) in [5.41, 5.74) is 1.64. The summed E-state index contributed by atoms with van der Waals surface area (Å²) in [7, 11) is -3.67. The van der Waals surface area contributed by atoms with Crippen LogP contribution >= 0.6 is 0 Å². The normalized spacial score (nSPS) is 12.2. The third kappa shape index (κ3) is 6.28. The molecule has 0 unspecified atom stereocenters. The van der Waals surface area contributed by atoms with Crippen molar-refractivity contribution in [2.45, 2.75) is 32.7 Å². The van der Waals surface area contributed by atoms with Crippen LogP contribution in [0.1, 0.15) is 36.9 Å². The summed E-state index contributed by atoms with van der Waals surface area (Å²) < 4.78 is 25.6. The lowest BCUT2D eigenvalue weighted by Gasteiger charge is -2.24. The monoisotopic (exact) mass is 419 g/mol. The molecule has 9 heteroatoms. The zero-order valence-electron chi connectivity index (χ0n) is 16.7. The number of carbonyl (C=O) groups is 1. The quantitative estimate of drug-likeness (QED) is 0.495. The lowest BCUT2D eigenvalue weighted by molar-refractivity contribution is -0.384. The minimum Gasteiger partial charge on any atom is -0.350 e. The fourth-order valence-corrected chi connectivity index (χ4v) is 3.98. The van der Waals surface area contributed by atoms with Crippen molar-refractivity contribution in [3.05, 3.63) is 69.8 Å². The lowest BCUT2D eigenvalue weighted by atomic mass is 10.1. The van der Waals surface area contributed by atoms with Gasteiger partial charge in [-0.1, -0.05) is 36.4 Å². The molecule has 0 aromatic heterocycles. The molecule has 156 valence electrons. The van der Waals surface area contributed by atoms with E-state index in [0.717, 1.165) is 16.1 Å². The van der Waals surface area contributed by atoms with Crippen molar-refractivity contribution < 1.29 is 18.1 Å². The smallest absolute Gasteiger partial charge is 0.271 e. The minimum atomic E-state index is -3.67. The Hall–Kier alpha value is -2.94. The highest BCUT2D eigenvalue weighted by Crippen LogP contribution is 2.27. The Morgan fingerprint density at radius 1 is 1.21 bits per heavy atom. The summed E-state index contributed by atoms with van der Waals surface area (Å²) >= 11 is 0. The first-order chi connectivity index (χ1) is 13.6. The molecule has 0 saturated carbocycles. The zero-order chi connectivity index (χ0) is 21.6. The van der Waals surface area contributed by atoms with Gasteiger partial charge >= 0.3 is 0 Å². The van der Waals surface area contributed by atoms with E-state index in [1.54, 1.807) is 6.92 Å². The van der Waals surface area contributed by atoms with Gasteiger partial charge in [0.05, 0.1) is 22.9 Å². The summed E-state index contributed by atoms with van der Waals surface area (Å²) in [4.78, 5) is 22.7. The van der Waals surface area contributed by atoms with Crippen molar-refractivity contribution in [3.63, 3.8) is 0 Å². The van der Waals surface area contributed by atoms with Crippen molar-refractivity contribution in [1.29, 1.82) is 0 Å². The van der Waals surface area contributed by atoms with Gasteiger partial charge in [0, 0.05) is 25.1 Å². The Bertz CT molecular complexity index is 977. The van der Waals surface area contributed by atoms with E-state index in [-0.39, 0.29) is 42.7 Å². The number of nitrogens with zero attached hydrogens (tertiary/aromatic N) is 2. The standard InChI is InChI=1S/C20H25N3O5S/c1-15-11-12-18(23(25)26)14-19(15)22(29(3,27)28)13-7-10-20(24)21-16(2)17-8-5-4-6-9-17/h4-6,8-9,11-12,14,16H,7,10,13H2,1-3H3,(H,21,24)/t16-/m0/s1. The van der Waals surface area contributed by atoms with Gasteiger partial charge in [-0.15, -0.1) is 0 Å². The molecule has 0 radical (unpaired) electrons. The predicted octanol–water partition coefficient (Wildman–Crippen LogP) is 3.33. The molecule has 2 rings (SSSR count). The number of nitrogens with one attached hydrogen (secondary N) is 1. The Labute approximate surface area is 170 Å². The fourth-order valence-electron chi connectivity index (χ4n) is 2.97. The number of rotatable bonds is 9. The maximum absolute atomic E-state index is 12.3. The van der Waals surface area contributed by atoms with Crippen LogP contribution in [0.2, 0.25) is 0 Å². The molecular weight excluding hydrogens is 394 g/mol. The minimum absolute atomic E-state index is 0.0496. The second kappa shape index (κ2) is 9.51. The number of hydrogen-bond donors (Lipinski definition) is 1. The third-order valence-corrected chi connectivity index (χ3v) is 5.69. The van der Waals surface area contributed by atoms with Crippen LogP contribution in [0.5, 0.6) is 0 Å². The van der Waals surface area contributed by atoms with E-state index in [2.05, 4.69) is 5.32 Å². The average molecular weight is 420 g/mol. The average Bonchev–Trinajstić information content (AvgIpc) is 2.65. The van der Waals surface area contributed by atoms with Crippen molar-refractivity contribution in [3.8, 4) is 0 Å². The van der Waals surface area contributed by atoms with E-state index in [0.29, 0.717) is 5.56 Å². The molecule has 0 fully saturated rings. The van der Waals surface area contributed by atoms with Crippen molar-refractivity contribution >= 4 is 27.3 Å². The van der Waals surface area contributed by atoms with Crippen LogP contribution in [0.4, 0.5) is 11.4 Å².